The summed E-state index contributed by atoms with van der Waals surface area (Å²) >= 11 is 7.57. The molecule has 0 saturated heterocycles. The van der Waals surface area contributed by atoms with Crippen LogP contribution < -0.4 is 11.2 Å². The van der Waals surface area contributed by atoms with Gasteiger partial charge in [0.05, 0.1) is 18.5 Å². The van der Waals surface area contributed by atoms with E-state index in [0.29, 0.717) is 16.1 Å². The lowest BCUT2D eigenvalue weighted by Crippen LogP contribution is -2.40. The smallest absolute Gasteiger partial charge is 0.273 e. The molecule has 0 aliphatic heterocycles. The van der Waals surface area contributed by atoms with Gasteiger partial charge in [-0.05, 0) is 41.3 Å². The van der Waals surface area contributed by atoms with Crippen LogP contribution in [0.25, 0.3) is 11.0 Å². The van der Waals surface area contributed by atoms with E-state index in [1.54, 1.807) is 30.5 Å². The largest absolute Gasteiger partial charge is 0.333 e. The van der Waals surface area contributed by atoms with Crippen LogP contribution in [-0.4, -0.2) is 14.1 Å². The van der Waals surface area contributed by atoms with Gasteiger partial charge in [-0.15, -0.1) is 11.3 Å². The lowest BCUT2D eigenvalue weighted by molar-refractivity contribution is 0.634. The van der Waals surface area contributed by atoms with E-state index >= 15 is 0 Å². The van der Waals surface area contributed by atoms with E-state index < -0.39 is 0 Å². The van der Waals surface area contributed by atoms with E-state index in [1.165, 1.54) is 20.5 Å². The predicted octanol–water partition coefficient (Wildman–Crippen LogP) is 3.37. The van der Waals surface area contributed by atoms with Crippen molar-refractivity contribution in [2.75, 3.05) is 0 Å². The molecule has 3 aromatic heterocycles. The van der Waals surface area contributed by atoms with E-state index in [1.807, 2.05) is 29.6 Å². The molecule has 4 aromatic rings. The molecule has 4 rings (SSSR count). The molecular weight excluding hydrogens is 370 g/mol. The highest BCUT2D eigenvalue weighted by Gasteiger charge is 2.15. The van der Waals surface area contributed by atoms with Crippen LogP contribution in [0.5, 0.6) is 0 Å². The van der Waals surface area contributed by atoms with E-state index in [0.717, 1.165) is 10.4 Å². The Kier molecular flexibility index (Phi) is 4.44. The molecule has 0 fully saturated rings. The van der Waals surface area contributed by atoms with Gasteiger partial charge in [-0.3, -0.25) is 13.9 Å². The standard InChI is InChI=1S/C19H14ClN3O2S/c20-14-5-1-4-13(10-14)11-22-17-16(7-2-8-21-17)18(24)23(19(22)25)12-15-6-3-9-26-15/h1-10H,11-12H2. The number of benzene rings is 1. The lowest BCUT2D eigenvalue weighted by Gasteiger charge is -2.13. The van der Waals surface area contributed by atoms with Gasteiger partial charge in [-0.25, -0.2) is 9.78 Å². The first-order valence-electron chi connectivity index (χ1n) is 7.98. The van der Waals surface area contributed by atoms with Crippen LogP contribution in [0.15, 0.2) is 69.7 Å². The predicted molar refractivity (Wildman–Crippen MR) is 104 cm³/mol. The normalized spacial score (nSPS) is 11.1. The zero-order chi connectivity index (χ0) is 18.1. The Morgan fingerprint density at radius 2 is 1.88 bits per heavy atom. The fourth-order valence-corrected chi connectivity index (χ4v) is 3.81. The molecule has 3 heterocycles. The van der Waals surface area contributed by atoms with Crippen molar-refractivity contribution in [3.05, 3.63) is 96.4 Å². The fraction of sp³-hybridized carbons (Fsp3) is 0.105. The minimum atomic E-state index is -0.380. The van der Waals surface area contributed by atoms with Crippen molar-refractivity contribution in [1.82, 2.24) is 14.1 Å². The maximum Gasteiger partial charge on any atom is 0.333 e. The third kappa shape index (κ3) is 3.09. The third-order valence-electron chi connectivity index (χ3n) is 4.10. The molecule has 0 N–H and O–H groups in total. The summed E-state index contributed by atoms with van der Waals surface area (Å²) in [4.78, 5) is 31.1. The first-order chi connectivity index (χ1) is 12.6. The summed E-state index contributed by atoms with van der Waals surface area (Å²) in [6.07, 6.45) is 1.58. The van der Waals surface area contributed by atoms with Gasteiger partial charge in [0.25, 0.3) is 5.56 Å². The summed E-state index contributed by atoms with van der Waals surface area (Å²) in [5.41, 5.74) is 0.543. The number of thiophene rings is 1. The van der Waals surface area contributed by atoms with Crippen molar-refractivity contribution in [2.24, 2.45) is 0 Å². The molecule has 0 unspecified atom stereocenters. The first kappa shape index (κ1) is 16.8. The lowest BCUT2D eigenvalue weighted by atomic mass is 10.2. The molecule has 5 nitrogen and oxygen atoms in total. The average molecular weight is 384 g/mol. The van der Waals surface area contributed by atoms with Gasteiger partial charge in [0, 0.05) is 16.1 Å². The van der Waals surface area contributed by atoms with Crippen molar-refractivity contribution in [2.45, 2.75) is 13.1 Å². The Hall–Kier alpha value is -2.70. The van der Waals surface area contributed by atoms with Gasteiger partial charge in [-0.1, -0.05) is 29.8 Å². The molecule has 0 radical (unpaired) electrons. The molecule has 0 spiro atoms. The number of rotatable bonds is 4. The van der Waals surface area contributed by atoms with Gasteiger partial charge in [-0.2, -0.15) is 0 Å². The van der Waals surface area contributed by atoms with Crippen LogP contribution in [0.3, 0.4) is 0 Å². The number of aromatic nitrogens is 3. The Morgan fingerprint density at radius 3 is 2.65 bits per heavy atom. The molecule has 1 aromatic carbocycles. The second-order valence-electron chi connectivity index (χ2n) is 5.84. The van der Waals surface area contributed by atoms with Crippen molar-refractivity contribution in [1.29, 1.82) is 0 Å². The highest BCUT2D eigenvalue weighted by molar-refractivity contribution is 7.09. The number of hydrogen-bond donors (Lipinski definition) is 0. The highest BCUT2D eigenvalue weighted by atomic mass is 35.5. The van der Waals surface area contributed by atoms with Crippen LogP contribution in [-0.2, 0) is 13.1 Å². The van der Waals surface area contributed by atoms with Crippen molar-refractivity contribution >= 4 is 34.0 Å². The van der Waals surface area contributed by atoms with E-state index in [4.69, 9.17) is 11.6 Å². The maximum absolute atomic E-state index is 13.1. The molecule has 26 heavy (non-hydrogen) atoms. The van der Waals surface area contributed by atoms with Crippen molar-refractivity contribution < 1.29 is 0 Å². The molecular formula is C19H14ClN3O2S. The quantitative estimate of drug-likeness (QED) is 0.543. The molecule has 130 valence electrons. The summed E-state index contributed by atoms with van der Waals surface area (Å²) in [7, 11) is 0. The van der Waals surface area contributed by atoms with Crippen LogP contribution >= 0.6 is 22.9 Å². The zero-order valence-electron chi connectivity index (χ0n) is 13.6. The second-order valence-corrected chi connectivity index (χ2v) is 7.31. The molecule has 0 amide bonds. The fourth-order valence-electron chi connectivity index (χ4n) is 2.91. The molecule has 0 aliphatic carbocycles. The summed E-state index contributed by atoms with van der Waals surface area (Å²) in [5, 5.41) is 2.94. The molecule has 0 atom stereocenters. The Labute approximate surface area is 157 Å². The van der Waals surface area contributed by atoms with Crippen LogP contribution in [0.2, 0.25) is 5.02 Å². The summed E-state index contributed by atoms with van der Waals surface area (Å²) in [6, 6.07) is 14.5. The molecule has 0 bridgehead atoms. The minimum Gasteiger partial charge on any atom is -0.273 e. The SMILES string of the molecule is O=c1c2cccnc2n(Cc2cccc(Cl)c2)c(=O)n1Cc1cccs1. The van der Waals surface area contributed by atoms with E-state index in [9.17, 15) is 9.59 Å². The first-order valence-corrected chi connectivity index (χ1v) is 9.24. The minimum absolute atomic E-state index is 0.246. The van der Waals surface area contributed by atoms with Gasteiger partial charge >= 0.3 is 5.69 Å². The number of fused-ring (bicyclic) bond motifs is 1. The van der Waals surface area contributed by atoms with Crippen LogP contribution in [0, 0.1) is 0 Å². The second kappa shape index (κ2) is 6.90. The number of pyridine rings is 1. The van der Waals surface area contributed by atoms with E-state index in [2.05, 4.69) is 4.98 Å². The van der Waals surface area contributed by atoms with Crippen molar-refractivity contribution in [3.63, 3.8) is 0 Å². The van der Waals surface area contributed by atoms with Gasteiger partial charge in [0.2, 0.25) is 0 Å². The van der Waals surface area contributed by atoms with Gasteiger partial charge in [0.1, 0.15) is 5.65 Å². The number of hydrogen-bond acceptors (Lipinski definition) is 4. The Bertz CT molecular complexity index is 1200. The van der Waals surface area contributed by atoms with Crippen LogP contribution in [0.1, 0.15) is 10.4 Å². The van der Waals surface area contributed by atoms with Crippen LogP contribution in [0.4, 0.5) is 0 Å². The number of halogens is 1. The third-order valence-corrected chi connectivity index (χ3v) is 5.20. The zero-order valence-corrected chi connectivity index (χ0v) is 15.2. The molecule has 0 saturated carbocycles. The molecule has 0 aliphatic rings. The summed E-state index contributed by atoms with van der Waals surface area (Å²) in [5.74, 6) is 0. The topological polar surface area (TPSA) is 56.9 Å². The molecule has 7 heteroatoms. The van der Waals surface area contributed by atoms with Gasteiger partial charge < -0.3 is 0 Å². The number of nitrogens with zero attached hydrogens (tertiary/aromatic N) is 3. The Balaban J connectivity index is 1.93. The monoisotopic (exact) mass is 383 g/mol. The Morgan fingerprint density at radius 1 is 1.00 bits per heavy atom. The van der Waals surface area contributed by atoms with Crippen molar-refractivity contribution in [3.8, 4) is 0 Å². The summed E-state index contributed by atoms with van der Waals surface area (Å²) in [6.45, 7) is 0.535. The van der Waals surface area contributed by atoms with E-state index in [-0.39, 0.29) is 24.3 Å². The highest BCUT2D eigenvalue weighted by Crippen LogP contribution is 2.14. The maximum atomic E-state index is 13.1. The summed E-state index contributed by atoms with van der Waals surface area (Å²) < 4.78 is 2.79. The van der Waals surface area contributed by atoms with Gasteiger partial charge in [0.15, 0.2) is 0 Å². The average Bonchev–Trinajstić information content (AvgIpc) is 3.16.